The standard InChI is InChI=1S/C21H27N3O3S4/c1-14(2)16-5-3-15(4-6-16)11-28-20-22-23-21(30-20)29-12-19(25)24(17-7-8-17)18-9-10-31(26,27)13-18/h3-6,14,17-18H,7-13H2,1-2H3. The average Bonchev–Trinajstić information content (AvgIpc) is 3.34. The van der Waals surface area contributed by atoms with Gasteiger partial charge in [0.05, 0.1) is 17.3 Å². The van der Waals surface area contributed by atoms with E-state index in [1.807, 2.05) is 4.90 Å². The minimum Gasteiger partial charge on any atom is -0.335 e. The number of aromatic nitrogens is 2. The largest absolute Gasteiger partial charge is 0.335 e. The van der Waals surface area contributed by atoms with Crippen LogP contribution >= 0.6 is 34.9 Å². The minimum absolute atomic E-state index is 0.0178. The topological polar surface area (TPSA) is 80.2 Å². The molecule has 4 rings (SSSR count). The van der Waals surface area contributed by atoms with Crippen molar-refractivity contribution in [2.75, 3.05) is 17.3 Å². The summed E-state index contributed by atoms with van der Waals surface area (Å²) >= 11 is 4.56. The van der Waals surface area contributed by atoms with Crippen LogP contribution in [0.5, 0.6) is 0 Å². The van der Waals surface area contributed by atoms with Crippen molar-refractivity contribution in [2.45, 2.75) is 65.5 Å². The Balaban J connectivity index is 1.28. The number of nitrogens with zero attached hydrogens (tertiary/aromatic N) is 3. The zero-order chi connectivity index (χ0) is 22.0. The van der Waals surface area contributed by atoms with E-state index in [1.54, 1.807) is 11.8 Å². The lowest BCUT2D eigenvalue weighted by Gasteiger charge is -2.28. The van der Waals surface area contributed by atoms with Crippen LogP contribution in [0.3, 0.4) is 0 Å². The third-order valence-electron chi connectivity index (χ3n) is 5.55. The van der Waals surface area contributed by atoms with Gasteiger partial charge in [-0.05, 0) is 36.3 Å². The highest BCUT2D eigenvalue weighted by Gasteiger charge is 2.41. The molecule has 1 aromatic heterocycles. The second kappa shape index (κ2) is 9.80. The maximum Gasteiger partial charge on any atom is 0.233 e. The summed E-state index contributed by atoms with van der Waals surface area (Å²) in [5.74, 6) is 1.96. The summed E-state index contributed by atoms with van der Waals surface area (Å²) in [6.45, 7) is 4.38. The molecule has 0 spiro atoms. The Morgan fingerprint density at radius 1 is 1.10 bits per heavy atom. The molecule has 10 heteroatoms. The molecule has 0 radical (unpaired) electrons. The van der Waals surface area contributed by atoms with Crippen LogP contribution in [0.15, 0.2) is 32.9 Å². The van der Waals surface area contributed by atoms with Gasteiger partial charge in [-0.25, -0.2) is 8.42 Å². The number of sulfone groups is 1. The van der Waals surface area contributed by atoms with Gasteiger partial charge in [0.1, 0.15) is 0 Å². The third-order valence-corrected chi connectivity index (χ3v) is 10.5. The van der Waals surface area contributed by atoms with Crippen molar-refractivity contribution >= 4 is 50.6 Å². The molecule has 0 N–H and O–H groups in total. The molecule has 31 heavy (non-hydrogen) atoms. The van der Waals surface area contributed by atoms with Gasteiger partial charge in [0, 0.05) is 17.8 Å². The zero-order valence-corrected chi connectivity index (χ0v) is 21.0. The highest BCUT2D eigenvalue weighted by Crippen LogP contribution is 2.35. The number of thioether (sulfide) groups is 2. The summed E-state index contributed by atoms with van der Waals surface area (Å²) in [5, 5.41) is 8.47. The molecule has 1 aromatic carbocycles. The van der Waals surface area contributed by atoms with E-state index in [4.69, 9.17) is 0 Å². The SMILES string of the molecule is CC(C)c1ccc(CSc2nnc(SCC(=O)N(C3CC3)C3CCS(=O)(=O)C3)s2)cc1. The van der Waals surface area contributed by atoms with Crippen molar-refractivity contribution in [2.24, 2.45) is 0 Å². The summed E-state index contributed by atoms with van der Waals surface area (Å²) in [6, 6.07) is 8.73. The number of carbonyl (C=O) groups is 1. The Kier molecular flexibility index (Phi) is 7.30. The Labute approximate surface area is 196 Å². The molecule has 2 aliphatic rings. The van der Waals surface area contributed by atoms with Crippen LogP contribution in [-0.4, -0.2) is 58.8 Å². The maximum absolute atomic E-state index is 12.9. The summed E-state index contributed by atoms with van der Waals surface area (Å²) in [7, 11) is -3.00. The normalized spacial score (nSPS) is 20.3. The molecule has 168 valence electrons. The monoisotopic (exact) mass is 497 g/mol. The molecule has 1 amide bonds. The first-order valence-electron chi connectivity index (χ1n) is 10.5. The van der Waals surface area contributed by atoms with Crippen LogP contribution in [0.25, 0.3) is 0 Å². The molecule has 1 unspecified atom stereocenters. The van der Waals surface area contributed by atoms with Gasteiger partial charge < -0.3 is 4.90 Å². The molecule has 1 atom stereocenters. The van der Waals surface area contributed by atoms with Crippen LogP contribution < -0.4 is 0 Å². The molecule has 2 aromatic rings. The number of hydrogen-bond acceptors (Lipinski definition) is 8. The summed E-state index contributed by atoms with van der Waals surface area (Å²) < 4.78 is 25.4. The Bertz CT molecular complexity index is 1020. The van der Waals surface area contributed by atoms with Gasteiger partial charge in [0.15, 0.2) is 18.5 Å². The van der Waals surface area contributed by atoms with Gasteiger partial charge in [0.25, 0.3) is 0 Å². The van der Waals surface area contributed by atoms with E-state index in [0.717, 1.165) is 27.3 Å². The lowest BCUT2D eigenvalue weighted by molar-refractivity contribution is -0.130. The Morgan fingerprint density at radius 2 is 1.77 bits per heavy atom. The van der Waals surface area contributed by atoms with Crippen molar-refractivity contribution in [1.82, 2.24) is 15.1 Å². The van der Waals surface area contributed by atoms with Crippen LogP contribution in [0.4, 0.5) is 0 Å². The lowest BCUT2D eigenvalue weighted by Crippen LogP contribution is -2.43. The summed E-state index contributed by atoms with van der Waals surface area (Å²) in [4.78, 5) is 14.7. The fourth-order valence-corrected chi connectivity index (χ4v) is 8.27. The fraction of sp³-hybridized carbons (Fsp3) is 0.571. The van der Waals surface area contributed by atoms with Crippen LogP contribution in [0, 0.1) is 0 Å². The first kappa shape index (κ1) is 23.1. The van der Waals surface area contributed by atoms with Gasteiger partial charge in [-0.15, -0.1) is 10.2 Å². The van der Waals surface area contributed by atoms with E-state index in [1.165, 1.54) is 34.2 Å². The van der Waals surface area contributed by atoms with Crippen LogP contribution in [0.2, 0.25) is 0 Å². The predicted octanol–water partition coefficient (Wildman–Crippen LogP) is 4.22. The average molecular weight is 498 g/mol. The zero-order valence-electron chi connectivity index (χ0n) is 17.7. The maximum atomic E-state index is 12.9. The van der Waals surface area contributed by atoms with E-state index in [2.05, 4.69) is 48.3 Å². The van der Waals surface area contributed by atoms with Gasteiger partial charge >= 0.3 is 0 Å². The van der Waals surface area contributed by atoms with E-state index < -0.39 is 9.84 Å². The molecule has 1 saturated carbocycles. The first-order valence-corrected chi connectivity index (χ1v) is 15.1. The highest BCUT2D eigenvalue weighted by molar-refractivity contribution is 8.03. The van der Waals surface area contributed by atoms with Crippen molar-refractivity contribution in [1.29, 1.82) is 0 Å². The van der Waals surface area contributed by atoms with Crippen LogP contribution in [0.1, 0.15) is 50.2 Å². The molecule has 6 nitrogen and oxygen atoms in total. The molecule has 2 fully saturated rings. The van der Waals surface area contributed by atoms with Gasteiger partial charge in [0.2, 0.25) is 5.91 Å². The van der Waals surface area contributed by atoms with Crippen molar-refractivity contribution in [3.8, 4) is 0 Å². The molecule has 1 aliphatic heterocycles. The van der Waals surface area contributed by atoms with Gasteiger partial charge in [-0.1, -0.05) is 73.0 Å². The van der Waals surface area contributed by atoms with E-state index in [-0.39, 0.29) is 35.2 Å². The number of amides is 1. The fourth-order valence-electron chi connectivity index (χ4n) is 3.71. The third kappa shape index (κ3) is 6.24. The Morgan fingerprint density at radius 3 is 2.35 bits per heavy atom. The number of benzene rings is 1. The smallest absolute Gasteiger partial charge is 0.233 e. The highest BCUT2D eigenvalue weighted by atomic mass is 32.2. The second-order valence-corrected chi connectivity index (χ2v) is 14.0. The van der Waals surface area contributed by atoms with Crippen molar-refractivity contribution in [3.63, 3.8) is 0 Å². The van der Waals surface area contributed by atoms with E-state index >= 15 is 0 Å². The number of carbonyl (C=O) groups excluding carboxylic acids is 1. The van der Waals surface area contributed by atoms with E-state index in [0.29, 0.717) is 12.3 Å². The second-order valence-electron chi connectivity index (χ2n) is 8.40. The predicted molar refractivity (Wildman–Crippen MR) is 128 cm³/mol. The molecule has 2 heterocycles. The van der Waals surface area contributed by atoms with Gasteiger partial charge in [-0.2, -0.15) is 0 Å². The first-order chi connectivity index (χ1) is 14.8. The van der Waals surface area contributed by atoms with Crippen molar-refractivity contribution in [3.05, 3.63) is 35.4 Å². The van der Waals surface area contributed by atoms with Gasteiger partial charge in [-0.3, -0.25) is 4.79 Å². The molecule has 1 aliphatic carbocycles. The minimum atomic E-state index is -3.00. The molecule has 0 bridgehead atoms. The molecular weight excluding hydrogens is 471 g/mol. The van der Waals surface area contributed by atoms with Crippen LogP contribution in [-0.2, 0) is 20.4 Å². The molecule has 1 saturated heterocycles. The van der Waals surface area contributed by atoms with E-state index in [9.17, 15) is 13.2 Å². The number of rotatable bonds is 9. The summed E-state index contributed by atoms with van der Waals surface area (Å²) in [6.07, 6.45) is 2.52. The molecular formula is C21H27N3O3S4. The summed E-state index contributed by atoms with van der Waals surface area (Å²) in [5.41, 5.74) is 2.59. The lowest BCUT2D eigenvalue weighted by atomic mass is 10.0. The quantitative estimate of drug-likeness (QED) is 0.480. The Hall–Kier alpha value is -1.10. The van der Waals surface area contributed by atoms with Crippen molar-refractivity contribution < 1.29 is 13.2 Å². The number of hydrogen-bond donors (Lipinski definition) is 0.